The first-order valence-corrected chi connectivity index (χ1v) is 8.99. The third-order valence-corrected chi connectivity index (χ3v) is 5.10. The molecule has 6 heteroatoms. The van der Waals surface area contributed by atoms with Crippen LogP contribution in [0.5, 0.6) is 0 Å². The molecule has 1 N–H and O–H groups in total. The molecule has 0 unspecified atom stereocenters. The highest BCUT2D eigenvalue weighted by molar-refractivity contribution is 5.76. The van der Waals surface area contributed by atoms with Gasteiger partial charge in [-0.2, -0.15) is 0 Å². The lowest BCUT2D eigenvalue weighted by Crippen LogP contribution is -2.48. The van der Waals surface area contributed by atoms with Crippen LogP contribution in [-0.4, -0.2) is 53.0 Å². The number of likely N-dealkylation sites (tertiary alicyclic amines) is 1. The first-order chi connectivity index (χ1) is 12.2. The summed E-state index contributed by atoms with van der Waals surface area (Å²) in [6, 6.07) is 10.4. The summed E-state index contributed by atoms with van der Waals surface area (Å²) in [4.78, 5) is 21.0. The van der Waals surface area contributed by atoms with Crippen LogP contribution in [0.15, 0.2) is 34.7 Å². The van der Waals surface area contributed by atoms with Gasteiger partial charge >= 0.3 is 6.03 Å². The number of piperidine rings is 1. The quantitative estimate of drug-likeness (QED) is 0.929. The van der Waals surface area contributed by atoms with Crippen LogP contribution in [0.25, 0.3) is 11.5 Å². The van der Waals surface area contributed by atoms with Crippen LogP contribution in [0, 0.1) is 6.92 Å². The average Bonchev–Trinajstić information content (AvgIpc) is 3.22. The summed E-state index contributed by atoms with van der Waals surface area (Å²) in [6.45, 7) is 6.27. The number of carbonyl (C=O) groups excluding carboxylic acids is 1. The highest BCUT2D eigenvalue weighted by Crippen LogP contribution is 2.24. The van der Waals surface area contributed by atoms with E-state index in [-0.39, 0.29) is 6.03 Å². The molecule has 3 heterocycles. The van der Waals surface area contributed by atoms with Crippen molar-refractivity contribution in [2.45, 2.75) is 32.4 Å². The molecule has 0 aliphatic carbocycles. The molecule has 2 aromatic rings. The third kappa shape index (κ3) is 3.39. The number of nitrogens with one attached hydrogen (secondary N) is 1. The fraction of sp³-hybridized carbons (Fsp3) is 0.474. The van der Waals surface area contributed by atoms with Gasteiger partial charge in [0.2, 0.25) is 5.89 Å². The summed E-state index contributed by atoms with van der Waals surface area (Å²) < 4.78 is 5.87. The second-order valence-corrected chi connectivity index (χ2v) is 6.84. The maximum absolute atomic E-state index is 11.9. The van der Waals surface area contributed by atoms with Crippen molar-refractivity contribution in [1.82, 2.24) is 20.1 Å². The molecule has 4 rings (SSSR count). The van der Waals surface area contributed by atoms with Crippen molar-refractivity contribution in [2.75, 3.05) is 26.2 Å². The van der Waals surface area contributed by atoms with Gasteiger partial charge in [-0.25, -0.2) is 9.78 Å². The summed E-state index contributed by atoms with van der Waals surface area (Å²) in [6.07, 6.45) is 2.19. The van der Waals surface area contributed by atoms with E-state index in [4.69, 9.17) is 9.40 Å². The van der Waals surface area contributed by atoms with Crippen molar-refractivity contribution < 1.29 is 9.21 Å². The Morgan fingerprint density at radius 2 is 2.12 bits per heavy atom. The molecule has 25 heavy (non-hydrogen) atoms. The molecule has 0 radical (unpaired) electrons. The standard InChI is InChI=1S/C19H24N4O2/c1-14-17(21-18(25-14)15-6-3-2-4-7-15)13-22-10-5-8-16(12-22)23-11-9-20-19(23)24/h2-4,6-7,16H,5,8-13H2,1H3,(H,20,24)/t16-/m0/s1. The first-order valence-electron chi connectivity index (χ1n) is 8.99. The average molecular weight is 340 g/mol. The smallest absolute Gasteiger partial charge is 0.317 e. The molecule has 6 nitrogen and oxygen atoms in total. The molecule has 1 aromatic heterocycles. The highest BCUT2D eigenvalue weighted by atomic mass is 16.4. The zero-order chi connectivity index (χ0) is 17.2. The molecule has 2 aliphatic rings. The number of urea groups is 1. The molecular formula is C19H24N4O2. The number of carbonyl (C=O) groups is 1. The molecule has 2 fully saturated rings. The number of hydrogen-bond acceptors (Lipinski definition) is 4. The highest BCUT2D eigenvalue weighted by Gasteiger charge is 2.31. The Bertz CT molecular complexity index is 743. The summed E-state index contributed by atoms with van der Waals surface area (Å²) in [5.74, 6) is 1.56. The van der Waals surface area contributed by atoms with Gasteiger partial charge < -0.3 is 14.6 Å². The number of oxazole rings is 1. The molecule has 2 aliphatic heterocycles. The van der Waals surface area contributed by atoms with E-state index in [9.17, 15) is 4.79 Å². The lowest BCUT2D eigenvalue weighted by atomic mass is 10.0. The molecule has 2 saturated heterocycles. The third-order valence-electron chi connectivity index (χ3n) is 5.10. The van der Waals surface area contributed by atoms with Crippen molar-refractivity contribution in [3.63, 3.8) is 0 Å². The van der Waals surface area contributed by atoms with Crippen molar-refractivity contribution in [1.29, 1.82) is 0 Å². The molecule has 0 spiro atoms. The number of aromatic nitrogens is 1. The largest absolute Gasteiger partial charge is 0.441 e. The number of nitrogens with zero attached hydrogens (tertiary/aromatic N) is 3. The minimum Gasteiger partial charge on any atom is -0.441 e. The Labute approximate surface area is 147 Å². The summed E-state index contributed by atoms with van der Waals surface area (Å²) in [5.41, 5.74) is 1.99. The van der Waals surface area contributed by atoms with E-state index >= 15 is 0 Å². The van der Waals surface area contributed by atoms with Gasteiger partial charge in [-0.3, -0.25) is 4.90 Å². The second-order valence-electron chi connectivity index (χ2n) is 6.84. The fourth-order valence-corrected chi connectivity index (χ4v) is 3.75. The monoisotopic (exact) mass is 340 g/mol. The van der Waals surface area contributed by atoms with E-state index in [1.54, 1.807) is 0 Å². The van der Waals surface area contributed by atoms with Gasteiger partial charge in [0.1, 0.15) is 5.76 Å². The molecule has 2 amide bonds. The van der Waals surface area contributed by atoms with Crippen molar-refractivity contribution in [3.05, 3.63) is 41.8 Å². The van der Waals surface area contributed by atoms with Crippen molar-refractivity contribution in [3.8, 4) is 11.5 Å². The van der Waals surface area contributed by atoms with Gasteiger partial charge in [0, 0.05) is 37.8 Å². The SMILES string of the molecule is Cc1oc(-c2ccccc2)nc1CN1CCC[C@H](N2CCNC2=O)C1. The van der Waals surface area contributed by atoms with Crippen LogP contribution in [0.4, 0.5) is 4.79 Å². The lowest BCUT2D eigenvalue weighted by Gasteiger charge is -2.36. The molecule has 0 bridgehead atoms. The van der Waals surface area contributed by atoms with Gasteiger partial charge in [0.15, 0.2) is 0 Å². The number of hydrogen-bond donors (Lipinski definition) is 1. The van der Waals surface area contributed by atoms with E-state index in [1.807, 2.05) is 42.2 Å². The zero-order valence-corrected chi connectivity index (χ0v) is 14.6. The normalized spacial score (nSPS) is 21.6. The Hall–Kier alpha value is -2.34. The van der Waals surface area contributed by atoms with Crippen molar-refractivity contribution in [2.24, 2.45) is 0 Å². The van der Waals surface area contributed by atoms with Crippen LogP contribution in [0.2, 0.25) is 0 Å². The number of aryl methyl sites for hydroxylation is 1. The fourth-order valence-electron chi connectivity index (χ4n) is 3.75. The van der Waals surface area contributed by atoms with Gasteiger partial charge in [-0.1, -0.05) is 18.2 Å². The van der Waals surface area contributed by atoms with E-state index in [2.05, 4.69) is 10.2 Å². The van der Waals surface area contributed by atoms with Crippen LogP contribution in [0.1, 0.15) is 24.3 Å². The number of amides is 2. The maximum atomic E-state index is 11.9. The lowest BCUT2D eigenvalue weighted by molar-refractivity contribution is 0.121. The topological polar surface area (TPSA) is 61.6 Å². The maximum Gasteiger partial charge on any atom is 0.317 e. The minimum atomic E-state index is 0.0795. The summed E-state index contributed by atoms with van der Waals surface area (Å²) in [5, 5.41) is 2.90. The van der Waals surface area contributed by atoms with E-state index in [0.717, 1.165) is 62.6 Å². The Morgan fingerprint density at radius 1 is 1.28 bits per heavy atom. The minimum absolute atomic E-state index is 0.0795. The van der Waals surface area contributed by atoms with Gasteiger partial charge in [-0.15, -0.1) is 0 Å². The van der Waals surface area contributed by atoms with Crippen LogP contribution in [-0.2, 0) is 6.54 Å². The number of benzene rings is 1. The number of rotatable bonds is 4. The van der Waals surface area contributed by atoms with Gasteiger partial charge in [0.05, 0.1) is 5.69 Å². The first kappa shape index (κ1) is 16.1. The van der Waals surface area contributed by atoms with Gasteiger partial charge in [0.25, 0.3) is 0 Å². The Balaban J connectivity index is 1.45. The molecule has 1 atom stereocenters. The van der Waals surface area contributed by atoms with Crippen LogP contribution < -0.4 is 5.32 Å². The molecule has 0 saturated carbocycles. The molecule has 1 aromatic carbocycles. The van der Waals surface area contributed by atoms with E-state index in [1.165, 1.54) is 0 Å². The van der Waals surface area contributed by atoms with Crippen LogP contribution >= 0.6 is 0 Å². The summed E-state index contributed by atoms with van der Waals surface area (Å²) in [7, 11) is 0. The second kappa shape index (κ2) is 6.88. The van der Waals surface area contributed by atoms with Crippen LogP contribution in [0.3, 0.4) is 0 Å². The Kier molecular flexibility index (Phi) is 4.44. The van der Waals surface area contributed by atoms with E-state index in [0.29, 0.717) is 11.9 Å². The Morgan fingerprint density at radius 3 is 2.88 bits per heavy atom. The van der Waals surface area contributed by atoms with Crippen molar-refractivity contribution >= 4 is 6.03 Å². The van der Waals surface area contributed by atoms with E-state index < -0.39 is 0 Å². The summed E-state index contributed by atoms with van der Waals surface area (Å²) >= 11 is 0. The van der Waals surface area contributed by atoms with Gasteiger partial charge in [-0.05, 0) is 38.4 Å². The predicted octanol–water partition coefficient (Wildman–Crippen LogP) is 2.64. The molecule has 132 valence electrons. The zero-order valence-electron chi connectivity index (χ0n) is 14.6. The predicted molar refractivity (Wildman–Crippen MR) is 95.1 cm³/mol. The molecular weight excluding hydrogens is 316 g/mol.